The molecule has 1 fully saturated rings. The molecule has 2 heterocycles. The Morgan fingerprint density at radius 1 is 1.47 bits per heavy atom. The van der Waals surface area contributed by atoms with Crippen LogP contribution in [-0.4, -0.2) is 23.1 Å². The number of aromatic nitrogens is 1. The summed E-state index contributed by atoms with van der Waals surface area (Å²) >= 11 is 5.06. The van der Waals surface area contributed by atoms with E-state index in [0.29, 0.717) is 4.99 Å². The number of thiocarbonyl (C=S) groups is 1. The second-order valence-corrected chi connectivity index (χ2v) is 5.20. The molecule has 0 saturated carbocycles. The second-order valence-electron chi connectivity index (χ2n) is 4.76. The molecule has 0 aromatic carbocycles. The number of anilines is 1. The highest BCUT2D eigenvalue weighted by Crippen LogP contribution is 2.24. The predicted octanol–water partition coefficient (Wildman–Crippen LogP) is 2.34. The standard InChI is InChI=1S/C13H19N3S/c1-10-4-3-8-16(9-6-10)11-5-2-7-15-12(11)13(14)17/h2,5,7,10H,3-4,6,8-9H2,1H3,(H2,14,17). The van der Waals surface area contributed by atoms with Gasteiger partial charge in [0.1, 0.15) is 10.7 Å². The molecule has 0 amide bonds. The van der Waals surface area contributed by atoms with E-state index in [9.17, 15) is 0 Å². The first-order valence-electron chi connectivity index (χ1n) is 6.18. The van der Waals surface area contributed by atoms with Crippen molar-refractivity contribution < 1.29 is 0 Å². The Morgan fingerprint density at radius 2 is 2.29 bits per heavy atom. The number of hydrogen-bond acceptors (Lipinski definition) is 3. The van der Waals surface area contributed by atoms with Gasteiger partial charge in [-0.25, -0.2) is 0 Å². The van der Waals surface area contributed by atoms with Crippen molar-refractivity contribution in [2.75, 3.05) is 18.0 Å². The first-order valence-corrected chi connectivity index (χ1v) is 6.59. The van der Waals surface area contributed by atoms with Crippen LogP contribution in [0.5, 0.6) is 0 Å². The van der Waals surface area contributed by atoms with Crippen LogP contribution in [0.15, 0.2) is 18.3 Å². The molecule has 92 valence electrons. The van der Waals surface area contributed by atoms with Crippen LogP contribution in [0.1, 0.15) is 31.9 Å². The quantitative estimate of drug-likeness (QED) is 0.817. The van der Waals surface area contributed by atoms with Crippen LogP contribution in [0.2, 0.25) is 0 Å². The Hall–Kier alpha value is -1.16. The normalized spacial score (nSPS) is 21.0. The van der Waals surface area contributed by atoms with Crippen LogP contribution < -0.4 is 10.6 Å². The van der Waals surface area contributed by atoms with Crippen LogP contribution in [0.3, 0.4) is 0 Å². The smallest absolute Gasteiger partial charge is 0.124 e. The molecule has 1 atom stereocenters. The van der Waals surface area contributed by atoms with Gasteiger partial charge in [-0.2, -0.15) is 0 Å². The van der Waals surface area contributed by atoms with E-state index >= 15 is 0 Å². The van der Waals surface area contributed by atoms with Crippen molar-refractivity contribution in [2.24, 2.45) is 11.7 Å². The molecule has 0 spiro atoms. The van der Waals surface area contributed by atoms with E-state index in [4.69, 9.17) is 18.0 Å². The van der Waals surface area contributed by atoms with Crippen LogP contribution in [0, 0.1) is 5.92 Å². The zero-order valence-electron chi connectivity index (χ0n) is 10.2. The van der Waals surface area contributed by atoms with Crippen molar-refractivity contribution in [1.29, 1.82) is 0 Å². The van der Waals surface area contributed by atoms with E-state index in [0.717, 1.165) is 30.4 Å². The van der Waals surface area contributed by atoms with E-state index in [2.05, 4.69) is 22.9 Å². The highest BCUT2D eigenvalue weighted by Gasteiger charge is 2.17. The molecule has 4 heteroatoms. The maximum Gasteiger partial charge on any atom is 0.124 e. The Morgan fingerprint density at radius 3 is 3.06 bits per heavy atom. The van der Waals surface area contributed by atoms with E-state index < -0.39 is 0 Å². The fraction of sp³-hybridized carbons (Fsp3) is 0.538. The first-order chi connectivity index (χ1) is 8.18. The van der Waals surface area contributed by atoms with Crippen LogP contribution in [-0.2, 0) is 0 Å². The summed E-state index contributed by atoms with van der Waals surface area (Å²) in [5.41, 5.74) is 7.58. The van der Waals surface area contributed by atoms with Gasteiger partial charge < -0.3 is 10.6 Å². The minimum atomic E-state index is 0.387. The lowest BCUT2D eigenvalue weighted by Gasteiger charge is -2.24. The molecule has 1 aliphatic rings. The van der Waals surface area contributed by atoms with Gasteiger partial charge in [0.2, 0.25) is 0 Å². The first kappa shape index (κ1) is 12.3. The Kier molecular flexibility index (Phi) is 3.94. The Bertz CT molecular complexity index is 405. The molecule has 1 unspecified atom stereocenters. The van der Waals surface area contributed by atoms with Crippen molar-refractivity contribution in [3.63, 3.8) is 0 Å². The van der Waals surface area contributed by atoms with Crippen molar-refractivity contribution in [3.8, 4) is 0 Å². The largest absolute Gasteiger partial charge is 0.388 e. The summed E-state index contributed by atoms with van der Waals surface area (Å²) in [5.74, 6) is 0.810. The summed E-state index contributed by atoms with van der Waals surface area (Å²) in [4.78, 5) is 7.05. The number of pyridine rings is 1. The van der Waals surface area contributed by atoms with Gasteiger partial charge in [-0.1, -0.05) is 19.1 Å². The van der Waals surface area contributed by atoms with E-state index in [1.807, 2.05) is 6.07 Å². The number of rotatable bonds is 2. The highest BCUT2D eigenvalue weighted by molar-refractivity contribution is 7.80. The maximum absolute atomic E-state index is 5.73. The van der Waals surface area contributed by atoms with Crippen molar-refractivity contribution in [1.82, 2.24) is 4.98 Å². The molecule has 17 heavy (non-hydrogen) atoms. The van der Waals surface area contributed by atoms with Gasteiger partial charge in [-0.3, -0.25) is 4.98 Å². The summed E-state index contributed by atoms with van der Waals surface area (Å²) in [7, 11) is 0. The lowest BCUT2D eigenvalue weighted by molar-refractivity contribution is 0.521. The van der Waals surface area contributed by atoms with Gasteiger partial charge in [0, 0.05) is 19.3 Å². The predicted molar refractivity (Wildman–Crippen MR) is 75.4 cm³/mol. The summed E-state index contributed by atoms with van der Waals surface area (Å²) in [5, 5.41) is 0. The Labute approximate surface area is 108 Å². The minimum Gasteiger partial charge on any atom is -0.388 e. The SMILES string of the molecule is CC1CCCN(c2cccnc2C(N)=S)CC1. The van der Waals surface area contributed by atoms with Crippen LogP contribution in [0.4, 0.5) is 5.69 Å². The number of nitrogens with zero attached hydrogens (tertiary/aromatic N) is 2. The summed E-state index contributed by atoms with van der Waals surface area (Å²) in [6.45, 7) is 4.47. The summed E-state index contributed by atoms with van der Waals surface area (Å²) in [6.07, 6.45) is 5.51. The maximum atomic E-state index is 5.73. The van der Waals surface area contributed by atoms with Gasteiger partial charge in [-0.05, 0) is 37.3 Å². The molecular weight excluding hydrogens is 230 g/mol. The van der Waals surface area contributed by atoms with Gasteiger partial charge in [-0.15, -0.1) is 0 Å². The fourth-order valence-electron chi connectivity index (χ4n) is 2.35. The minimum absolute atomic E-state index is 0.387. The third-order valence-corrected chi connectivity index (χ3v) is 3.57. The van der Waals surface area contributed by atoms with E-state index in [1.54, 1.807) is 6.20 Å². The second kappa shape index (κ2) is 5.45. The molecule has 1 aromatic rings. The van der Waals surface area contributed by atoms with Gasteiger partial charge in [0.15, 0.2) is 0 Å². The summed E-state index contributed by atoms with van der Waals surface area (Å²) in [6, 6.07) is 4.02. The molecule has 2 rings (SSSR count). The van der Waals surface area contributed by atoms with Crippen LogP contribution >= 0.6 is 12.2 Å². The topological polar surface area (TPSA) is 42.2 Å². The zero-order valence-corrected chi connectivity index (χ0v) is 11.0. The number of nitrogens with two attached hydrogens (primary N) is 1. The number of hydrogen-bond donors (Lipinski definition) is 1. The lowest BCUT2D eigenvalue weighted by Crippen LogP contribution is -2.27. The molecule has 0 aliphatic carbocycles. The van der Waals surface area contributed by atoms with Gasteiger partial charge in [0.25, 0.3) is 0 Å². The van der Waals surface area contributed by atoms with Crippen molar-refractivity contribution >= 4 is 22.9 Å². The average Bonchev–Trinajstić information content (AvgIpc) is 2.54. The monoisotopic (exact) mass is 249 g/mol. The fourth-order valence-corrected chi connectivity index (χ4v) is 2.50. The van der Waals surface area contributed by atoms with Crippen molar-refractivity contribution in [3.05, 3.63) is 24.0 Å². The molecule has 0 radical (unpaired) electrons. The molecular formula is C13H19N3S. The molecule has 1 aromatic heterocycles. The summed E-state index contributed by atoms with van der Waals surface area (Å²) < 4.78 is 0. The lowest BCUT2D eigenvalue weighted by atomic mass is 10.0. The molecule has 0 bridgehead atoms. The average molecular weight is 249 g/mol. The van der Waals surface area contributed by atoms with Gasteiger partial charge >= 0.3 is 0 Å². The molecule has 2 N–H and O–H groups in total. The third-order valence-electron chi connectivity index (χ3n) is 3.38. The third kappa shape index (κ3) is 2.94. The van der Waals surface area contributed by atoms with Crippen LogP contribution in [0.25, 0.3) is 0 Å². The van der Waals surface area contributed by atoms with E-state index in [-0.39, 0.29) is 0 Å². The van der Waals surface area contributed by atoms with E-state index in [1.165, 1.54) is 19.3 Å². The molecule has 1 aliphatic heterocycles. The van der Waals surface area contributed by atoms with Crippen molar-refractivity contribution in [2.45, 2.75) is 26.2 Å². The van der Waals surface area contributed by atoms with Gasteiger partial charge in [0.05, 0.1) is 5.69 Å². The Balaban J connectivity index is 2.24. The molecule has 3 nitrogen and oxygen atoms in total. The molecule has 1 saturated heterocycles. The zero-order chi connectivity index (χ0) is 12.3. The highest BCUT2D eigenvalue weighted by atomic mass is 32.1.